The number of unbranched alkanes of at least 4 members (excludes halogenated alkanes) is 3. The predicted octanol–water partition coefficient (Wildman–Crippen LogP) is 5.26. The van der Waals surface area contributed by atoms with E-state index in [1.54, 1.807) is 17.0 Å². The van der Waals surface area contributed by atoms with Crippen molar-refractivity contribution in [3.05, 3.63) is 60.2 Å². The van der Waals surface area contributed by atoms with E-state index in [9.17, 15) is 9.59 Å². The van der Waals surface area contributed by atoms with Crippen molar-refractivity contribution in [1.82, 2.24) is 0 Å². The molecular formula is C22H28N2O2. The van der Waals surface area contributed by atoms with Gasteiger partial charge in [-0.15, -0.1) is 0 Å². The van der Waals surface area contributed by atoms with E-state index in [1.165, 1.54) is 0 Å². The maximum atomic E-state index is 13.1. The van der Waals surface area contributed by atoms with E-state index in [0.29, 0.717) is 24.2 Å². The number of carbonyl (C=O) groups excluding carboxylic acids is 2. The van der Waals surface area contributed by atoms with Crippen LogP contribution in [0.2, 0.25) is 0 Å². The summed E-state index contributed by atoms with van der Waals surface area (Å²) in [5, 5.41) is 2.91. The number of rotatable bonds is 9. The van der Waals surface area contributed by atoms with Gasteiger partial charge < -0.3 is 10.2 Å². The zero-order chi connectivity index (χ0) is 18.8. The molecule has 0 aliphatic rings. The lowest BCUT2D eigenvalue weighted by Crippen LogP contribution is -2.31. The van der Waals surface area contributed by atoms with Gasteiger partial charge in [0.1, 0.15) is 0 Å². The molecule has 0 unspecified atom stereocenters. The Balaban J connectivity index is 2.12. The van der Waals surface area contributed by atoms with Crippen LogP contribution in [0.25, 0.3) is 0 Å². The van der Waals surface area contributed by atoms with Crippen molar-refractivity contribution in [2.45, 2.75) is 46.0 Å². The number of hydrogen-bond acceptors (Lipinski definition) is 2. The maximum absolute atomic E-state index is 13.1. The summed E-state index contributed by atoms with van der Waals surface area (Å²) >= 11 is 0. The smallest absolute Gasteiger partial charge is 0.260 e. The van der Waals surface area contributed by atoms with Crippen LogP contribution >= 0.6 is 0 Å². The van der Waals surface area contributed by atoms with Crippen LogP contribution in [0.3, 0.4) is 0 Å². The molecule has 0 saturated heterocycles. The highest BCUT2D eigenvalue weighted by Gasteiger charge is 2.19. The Morgan fingerprint density at radius 2 is 1.58 bits per heavy atom. The molecule has 0 atom stereocenters. The zero-order valence-corrected chi connectivity index (χ0v) is 15.7. The summed E-state index contributed by atoms with van der Waals surface area (Å²) in [5.74, 6) is -0.148. The molecule has 2 amide bonds. The van der Waals surface area contributed by atoms with E-state index in [4.69, 9.17) is 0 Å². The van der Waals surface area contributed by atoms with E-state index in [2.05, 4.69) is 12.2 Å². The van der Waals surface area contributed by atoms with Gasteiger partial charge in [-0.3, -0.25) is 9.59 Å². The third-order valence-electron chi connectivity index (χ3n) is 4.32. The van der Waals surface area contributed by atoms with Crippen molar-refractivity contribution in [2.24, 2.45) is 0 Å². The average Bonchev–Trinajstić information content (AvgIpc) is 2.67. The van der Waals surface area contributed by atoms with Gasteiger partial charge >= 0.3 is 0 Å². The fraction of sp³-hybridized carbons (Fsp3) is 0.364. The molecule has 0 aromatic heterocycles. The van der Waals surface area contributed by atoms with Crippen LogP contribution in [-0.2, 0) is 4.79 Å². The van der Waals surface area contributed by atoms with E-state index in [1.807, 2.05) is 49.4 Å². The number of nitrogens with zero attached hydrogens (tertiary/aromatic N) is 1. The number of carbonyl (C=O) groups is 2. The summed E-state index contributed by atoms with van der Waals surface area (Å²) in [6, 6.07) is 16.8. The quantitative estimate of drug-likeness (QED) is 0.626. The summed E-state index contributed by atoms with van der Waals surface area (Å²) in [7, 11) is 0. The second-order valence-corrected chi connectivity index (χ2v) is 6.29. The fourth-order valence-electron chi connectivity index (χ4n) is 2.90. The summed E-state index contributed by atoms with van der Waals surface area (Å²) in [6.45, 7) is 4.65. The first-order valence-corrected chi connectivity index (χ1v) is 9.43. The Hall–Kier alpha value is -2.62. The summed E-state index contributed by atoms with van der Waals surface area (Å²) < 4.78 is 0. The molecule has 4 heteroatoms. The predicted molar refractivity (Wildman–Crippen MR) is 108 cm³/mol. The van der Waals surface area contributed by atoms with Gasteiger partial charge in [0.25, 0.3) is 5.91 Å². The Kier molecular flexibility index (Phi) is 7.87. The molecule has 2 aromatic rings. The Labute approximate surface area is 156 Å². The van der Waals surface area contributed by atoms with Gasteiger partial charge in [0.2, 0.25) is 5.91 Å². The molecule has 0 heterocycles. The first-order chi connectivity index (χ1) is 12.7. The van der Waals surface area contributed by atoms with Crippen LogP contribution < -0.4 is 10.2 Å². The van der Waals surface area contributed by atoms with Crippen molar-refractivity contribution in [2.75, 3.05) is 16.8 Å². The van der Waals surface area contributed by atoms with Crippen LogP contribution in [0.1, 0.15) is 56.3 Å². The molecular weight excluding hydrogens is 324 g/mol. The first kappa shape index (κ1) is 19.7. The van der Waals surface area contributed by atoms with E-state index in [-0.39, 0.29) is 11.8 Å². The topological polar surface area (TPSA) is 49.4 Å². The maximum Gasteiger partial charge on any atom is 0.260 e. The summed E-state index contributed by atoms with van der Waals surface area (Å²) in [5.41, 5.74) is 1.94. The number of anilines is 2. The highest BCUT2D eigenvalue weighted by Crippen LogP contribution is 2.22. The van der Waals surface area contributed by atoms with Crippen molar-refractivity contribution in [1.29, 1.82) is 0 Å². The molecule has 0 aliphatic heterocycles. The van der Waals surface area contributed by atoms with Crippen molar-refractivity contribution >= 4 is 23.2 Å². The molecule has 0 spiro atoms. The monoisotopic (exact) mass is 352 g/mol. The van der Waals surface area contributed by atoms with Gasteiger partial charge in [-0.2, -0.15) is 0 Å². The molecule has 0 radical (unpaired) electrons. The Morgan fingerprint density at radius 3 is 2.27 bits per heavy atom. The first-order valence-electron chi connectivity index (χ1n) is 9.43. The normalized spacial score (nSPS) is 10.4. The lowest BCUT2D eigenvalue weighted by molar-refractivity contribution is -0.116. The van der Waals surface area contributed by atoms with E-state index >= 15 is 0 Å². The molecule has 0 saturated carbocycles. The van der Waals surface area contributed by atoms with Crippen molar-refractivity contribution < 1.29 is 9.59 Å². The van der Waals surface area contributed by atoms with Gasteiger partial charge in [-0.1, -0.05) is 56.5 Å². The van der Waals surface area contributed by atoms with Crippen LogP contribution in [0.4, 0.5) is 11.4 Å². The molecule has 2 rings (SSSR count). The largest absolute Gasteiger partial charge is 0.325 e. The molecule has 0 aliphatic carbocycles. The number of benzene rings is 2. The molecule has 1 N–H and O–H groups in total. The summed E-state index contributed by atoms with van der Waals surface area (Å²) in [4.78, 5) is 27.0. The standard InChI is InChI=1S/C22H28N2O2/c1-3-5-6-10-17-21(25)23-20-16-12-11-15-19(20)22(26)24(4-2)18-13-8-7-9-14-18/h7-9,11-16H,3-6,10,17H2,1-2H3,(H,23,25). The van der Waals surface area contributed by atoms with Crippen molar-refractivity contribution in [3.63, 3.8) is 0 Å². The number of nitrogens with one attached hydrogen (secondary N) is 1. The molecule has 0 bridgehead atoms. The minimum absolute atomic E-state index is 0.0379. The Morgan fingerprint density at radius 1 is 0.885 bits per heavy atom. The van der Waals surface area contributed by atoms with Crippen LogP contribution in [0.5, 0.6) is 0 Å². The second kappa shape index (κ2) is 10.4. The number of para-hydroxylation sites is 2. The van der Waals surface area contributed by atoms with Crippen LogP contribution in [0, 0.1) is 0 Å². The van der Waals surface area contributed by atoms with Gasteiger partial charge in [0, 0.05) is 18.7 Å². The third kappa shape index (κ3) is 5.45. The SMILES string of the molecule is CCCCCCC(=O)Nc1ccccc1C(=O)N(CC)c1ccccc1. The summed E-state index contributed by atoms with van der Waals surface area (Å²) in [6.07, 6.45) is 4.71. The molecule has 4 nitrogen and oxygen atoms in total. The lowest BCUT2D eigenvalue weighted by Gasteiger charge is -2.22. The average molecular weight is 352 g/mol. The molecule has 26 heavy (non-hydrogen) atoms. The Bertz CT molecular complexity index is 713. The minimum atomic E-state index is -0.111. The molecule has 0 fully saturated rings. The third-order valence-corrected chi connectivity index (χ3v) is 4.32. The van der Waals surface area contributed by atoms with Gasteiger partial charge in [-0.25, -0.2) is 0 Å². The fourth-order valence-corrected chi connectivity index (χ4v) is 2.90. The van der Waals surface area contributed by atoms with Crippen LogP contribution in [-0.4, -0.2) is 18.4 Å². The minimum Gasteiger partial charge on any atom is -0.325 e. The van der Waals surface area contributed by atoms with Gasteiger partial charge in [-0.05, 0) is 37.6 Å². The van der Waals surface area contributed by atoms with Crippen molar-refractivity contribution in [3.8, 4) is 0 Å². The lowest BCUT2D eigenvalue weighted by atomic mass is 10.1. The zero-order valence-electron chi connectivity index (χ0n) is 15.7. The van der Waals surface area contributed by atoms with Gasteiger partial charge in [0.15, 0.2) is 0 Å². The molecule has 2 aromatic carbocycles. The second-order valence-electron chi connectivity index (χ2n) is 6.29. The highest BCUT2D eigenvalue weighted by atomic mass is 16.2. The van der Waals surface area contributed by atoms with E-state index < -0.39 is 0 Å². The van der Waals surface area contributed by atoms with Gasteiger partial charge in [0.05, 0.1) is 11.3 Å². The number of hydrogen-bond donors (Lipinski definition) is 1. The van der Waals surface area contributed by atoms with Crippen LogP contribution in [0.15, 0.2) is 54.6 Å². The highest BCUT2D eigenvalue weighted by molar-refractivity contribution is 6.11. The molecule has 138 valence electrons. The van der Waals surface area contributed by atoms with E-state index in [0.717, 1.165) is 31.4 Å². The number of amides is 2.